The Hall–Kier alpha value is -2.97. The number of rotatable bonds is 3. The molecule has 0 spiro atoms. The maximum atomic E-state index is 12.6. The van der Waals surface area contributed by atoms with Gasteiger partial charge >= 0.3 is 0 Å². The van der Waals surface area contributed by atoms with Crippen LogP contribution < -0.4 is 5.32 Å². The Morgan fingerprint density at radius 1 is 1.07 bits per heavy atom. The summed E-state index contributed by atoms with van der Waals surface area (Å²) in [6.45, 7) is 7.08. The number of piperidine rings is 1. The van der Waals surface area contributed by atoms with Gasteiger partial charge in [-0.15, -0.1) is 0 Å². The van der Waals surface area contributed by atoms with E-state index in [1.807, 2.05) is 20.8 Å². The normalized spacial score (nSPS) is 20.5. The highest BCUT2D eigenvalue weighted by Gasteiger charge is 2.40. The van der Waals surface area contributed by atoms with E-state index in [4.69, 9.17) is 0 Å². The largest absolute Gasteiger partial charge is 0.504 e. The highest BCUT2D eigenvalue weighted by Crippen LogP contribution is 2.36. The lowest BCUT2D eigenvalue weighted by molar-refractivity contribution is -0.132. The summed E-state index contributed by atoms with van der Waals surface area (Å²) in [7, 11) is 0. The average molecular weight is 419 g/mol. The average Bonchev–Trinajstić information content (AvgIpc) is 3.08. The van der Waals surface area contributed by atoms with E-state index in [0.717, 1.165) is 12.1 Å². The maximum Gasteiger partial charge on any atom is 0.254 e. The third-order valence-electron chi connectivity index (χ3n) is 5.75. The highest BCUT2D eigenvalue weighted by atomic mass is 16.3. The number of nitrogens with zero attached hydrogens (tertiary/aromatic N) is 2. The Morgan fingerprint density at radius 2 is 1.63 bits per heavy atom. The molecule has 2 aliphatic heterocycles. The first kappa shape index (κ1) is 21.7. The summed E-state index contributed by atoms with van der Waals surface area (Å²) in [6, 6.07) is 2.15. The van der Waals surface area contributed by atoms with Crippen molar-refractivity contribution >= 4 is 17.7 Å². The summed E-state index contributed by atoms with van der Waals surface area (Å²) >= 11 is 0. The van der Waals surface area contributed by atoms with Gasteiger partial charge in [0, 0.05) is 43.2 Å². The van der Waals surface area contributed by atoms with Crippen LogP contribution in [0, 0.1) is 5.92 Å². The summed E-state index contributed by atoms with van der Waals surface area (Å²) in [5.74, 6) is -2.65. The van der Waals surface area contributed by atoms with Crippen molar-refractivity contribution < 1.29 is 29.7 Å². The Labute approximate surface area is 175 Å². The summed E-state index contributed by atoms with van der Waals surface area (Å²) in [4.78, 5) is 40.8. The number of benzene rings is 1. The molecular weight excluding hydrogens is 390 g/mol. The predicted octanol–water partition coefficient (Wildman–Crippen LogP) is 1.17. The molecule has 0 aromatic heterocycles. The van der Waals surface area contributed by atoms with Gasteiger partial charge in [0.05, 0.1) is 5.92 Å². The van der Waals surface area contributed by atoms with Crippen molar-refractivity contribution in [1.82, 2.24) is 15.1 Å². The van der Waals surface area contributed by atoms with Crippen molar-refractivity contribution in [2.45, 2.75) is 51.6 Å². The summed E-state index contributed by atoms with van der Waals surface area (Å²) in [6.07, 6.45) is 1.35. The number of hydrogen-bond donors (Lipinski definition) is 4. The maximum absolute atomic E-state index is 12.6. The molecule has 1 aromatic rings. The zero-order valence-electron chi connectivity index (χ0n) is 17.5. The molecule has 2 heterocycles. The molecular formula is C21H29N3O6. The van der Waals surface area contributed by atoms with Crippen LogP contribution in [0.2, 0.25) is 0 Å². The number of hydrogen-bond acceptors (Lipinski definition) is 6. The zero-order valence-corrected chi connectivity index (χ0v) is 17.5. The fraction of sp³-hybridized carbons (Fsp3) is 0.571. The van der Waals surface area contributed by atoms with Crippen LogP contribution in [0.3, 0.4) is 0 Å². The number of carbonyl (C=O) groups is 3. The van der Waals surface area contributed by atoms with Crippen molar-refractivity contribution in [3.63, 3.8) is 0 Å². The monoisotopic (exact) mass is 419 g/mol. The molecule has 0 aliphatic carbocycles. The van der Waals surface area contributed by atoms with Gasteiger partial charge in [-0.05, 0) is 45.7 Å². The molecule has 0 radical (unpaired) electrons. The molecule has 4 N–H and O–H groups in total. The summed E-state index contributed by atoms with van der Waals surface area (Å²) in [5.41, 5.74) is -0.230. The smallest absolute Gasteiger partial charge is 0.254 e. The molecule has 2 saturated heterocycles. The van der Waals surface area contributed by atoms with Gasteiger partial charge in [0.25, 0.3) is 5.91 Å². The van der Waals surface area contributed by atoms with Gasteiger partial charge in [-0.2, -0.15) is 0 Å². The first-order valence-corrected chi connectivity index (χ1v) is 10.1. The third kappa shape index (κ3) is 4.44. The fourth-order valence-corrected chi connectivity index (χ4v) is 3.99. The van der Waals surface area contributed by atoms with Gasteiger partial charge in [-0.3, -0.25) is 14.4 Å². The topological polar surface area (TPSA) is 130 Å². The Kier molecular flexibility index (Phi) is 5.83. The molecule has 3 amide bonds. The van der Waals surface area contributed by atoms with Crippen molar-refractivity contribution in [1.29, 1.82) is 0 Å². The van der Waals surface area contributed by atoms with E-state index in [0.29, 0.717) is 32.5 Å². The number of likely N-dealkylation sites (tertiary alicyclic amines) is 2. The van der Waals surface area contributed by atoms with Crippen LogP contribution in [0.5, 0.6) is 17.2 Å². The Morgan fingerprint density at radius 3 is 2.13 bits per heavy atom. The van der Waals surface area contributed by atoms with Gasteiger partial charge in [0.15, 0.2) is 17.2 Å². The first-order chi connectivity index (χ1) is 14.0. The Balaban J connectivity index is 1.53. The Bertz CT molecular complexity index is 832. The minimum atomic E-state index is -0.664. The van der Waals surface area contributed by atoms with E-state index >= 15 is 0 Å². The van der Waals surface area contributed by atoms with Crippen LogP contribution in [-0.4, -0.2) is 74.1 Å². The van der Waals surface area contributed by atoms with Crippen LogP contribution in [-0.2, 0) is 9.59 Å². The lowest BCUT2D eigenvalue weighted by Crippen LogP contribution is -2.48. The molecule has 2 fully saturated rings. The number of carbonyl (C=O) groups excluding carboxylic acids is 3. The molecule has 9 nitrogen and oxygen atoms in total. The molecule has 9 heteroatoms. The van der Waals surface area contributed by atoms with Gasteiger partial charge < -0.3 is 30.4 Å². The van der Waals surface area contributed by atoms with Crippen molar-refractivity contribution in [2.24, 2.45) is 5.92 Å². The second kappa shape index (κ2) is 8.04. The van der Waals surface area contributed by atoms with Crippen LogP contribution in [0.1, 0.15) is 50.4 Å². The number of aromatic hydroxyl groups is 3. The standard InChI is InChI=1S/C21H29N3O6/c1-21(2,3)24-11-13(10-17(24)27)19(29)22-14-4-6-23(7-5-14)20(30)12-8-15(25)18(28)16(26)9-12/h8-9,13-14,25-26,28H,4-7,10-11H2,1-3H3,(H,22,29). The van der Waals surface area contributed by atoms with E-state index in [-0.39, 0.29) is 47.2 Å². The molecule has 164 valence electrons. The van der Waals surface area contributed by atoms with Crippen LogP contribution in [0.15, 0.2) is 12.1 Å². The van der Waals surface area contributed by atoms with Crippen LogP contribution in [0.25, 0.3) is 0 Å². The van der Waals surface area contributed by atoms with Gasteiger partial charge in [-0.25, -0.2) is 0 Å². The number of nitrogens with one attached hydrogen (secondary N) is 1. The van der Waals surface area contributed by atoms with Crippen LogP contribution >= 0.6 is 0 Å². The molecule has 0 bridgehead atoms. The lowest BCUT2D eigenvalue weighted by atomic mass is 10.0. The van der Waals surface area contributed by atoms with Gasteiger partial charge in [-0.1, -0.05) is 0 Å². The number of amides is 3. The summed E-state index contributed by atoms with van der Waals surface area (Å²) < 4.78 is 0. The zero-order chi connectivity index (χ0) is 22.2. The second-order valence-electron chi connectivity index (χ2n) is 9.01. The molecule has 1 atom stereocenters. The minimum Gasteiger partial charge on any atom is -0.504 e. The van der Waals surface area contributed by atoms with E-state index < -0.39 is 17.2 Å². The van der Waals surface area contributed by atoms with E-state index in [1.54, 1.807) is 9.80 Å². The third-order valence-corrected chi connectivity index (χ3v) is 5.75. The molecule has 1 unspecified atom stereocenters. The second-order valence-corrected chi connectivity index (χ2v) is 9.01. The van der Waals surface area contributed by atoms with Crippen molar-refractivity contribution in [3.8, 4) is 17.2 Å². The van der Waals surface area contributed by atoms with Crippen LogP contribution in [0.4, 0.5) is 0 Å². The van der Waals surface area contributed by atoms with Gasteiger partial charge in [0.1, 0.15) is 0 Å². The number of phenolic OH excluding ortho intramolecular Hbond substituents is 3. The molecule has 1 aromatic carbocycles. The molecule has 30 heavy (non-hydrogen) atoms. The van der Waals surface area contributed by atoms with E-state index in [1.165, 1.54) is 0 Å². The first-order valence-electron chi connectivity index (χ1n) is 10.1. The molecule has 2 aliphatic rings. The van der Waals surface area contributed by atoms with Crippen molar-refractivity contribution in [2.75, 3.05) is 19.6 Å². The SMILES string of the molecule is CC(C)(C)N1CC(C(=O)NC2CCN(C(=O)c3cc(O)c(O)c(O)c3)CC2)CC1=O. The van der Waals surface area contributed by atoms with E-state index in [2.05, 4.69) is 5.32 Å². The highest BCUT2D eigenvalue weighted by molar-refractivity contribution is 5.95. The summed E-state index contributed by atoms with van der Waals surface area (Å²) in [5, 5.41) is 31.6. The quantitative estimate of drug-likeness (QED) is 0.544. The number of phenols is 3. The molecule has 3 rings (SSSR count). The minimum absolute atomic E-state index is 0.0107. The lowest BCUT2D eigenvalue weighted by Gasteiger charge is -2.33. The predicted molar refractivity (Wildman–Crippen MR) is 108 cm³/mol. The van der Waals surface area contributed by atoms with Gasteiger partial charge in [0.2, 0.25) is 11.8 Å². The van der Waals surface area contributed by atoms with Crippen molar-refractivity contribution in [3.05, 3.63) is 17.7 Å². The fourth-order valence-electron chi connectivity index (χ4n) is 3.99. The molecule has 0 saturated carbocycles. The van der Waals surface area contributed by atoms with E-state index in [9.17, 15) is 29.7 Å².